The zero-order chi connectivity index (χ0) is 23.8. The van der Waals surface area contributed by atoms with Gasteiger partial charge in [-0.15, -0.1) is 11.3 Å². The largest absolute Gasteiger partial charge is 0.490 e. The van der Waals surface area contributed by atoms with Crippen LogP contribution in [0.3, 0.4) is 0 Å². The Hall–Kier alpha value is -1.69. The number of amides is 1. The lowest BCUT2D eigenvalue weighted by molar-refractivity contribution is -0.192. The van der Waals surface area contributed by atoms with Crippen LogP contribution in [0.2, 0.25) is 0 Å². The van der Waals surface area contributed by atoms with Crippen molar-refractivity contribution in [1.29, 1.82) is 0 Å². The van der Waals surface area contributed by atoms with Crippen molar-refractivity contribution >= 4 is 23.2 Å². The first-order chi connectivity index (χ1) is 15.0. The van der Waals surface area contributed by atoms with E-state index >= 15 is 0 Å². The summed E-state index contributed by atoms with van der Waals surface area (Å²) in [6.07, 6.45) is -0.749. The minimum Gasteiger partial charge on any atom is -0.475 e. The van der Waals surface area contributed by atoms with Crippen molar-refractivity contribution in [3.8, 4) is 0 Å². The van der Waals surface area contributed by atoms with Crippen LogP contribution in [0.1, 0.15) is 30.6 Å². The summed E-state index contributed by atoms with van der Waals surface area (Å²) in [7, 11) is 3.52. The quantitative estimate of drug-likeness (QED) is 0.604. The minimum atomic E-state index is -5.08. The number of carboxylic acid groups (broad SMARTS) is 1. The van der Waals surface area contributed by atoms with E-state index in [1.807, 2.05) is 11.3 Å². The number of carboxylic acids is 1. The van der Waals surface area contributed by atoms with Gasteiger partial charge in [0.15, 0.2) is 0 Å². The molecule has 32 heavy (non-hydrogen) atoms. The highest BCUT2D eigenvalue weighted by atomic mass is 32.1. The first-order valence-electron chi connectivity index (χ1n) is 10.5. The van der Waals surface area contributed by atoms with Crippen molar-refractivity contribution < 1.29 is 37.3 Å². The van der Waals surface area contributed by atoms with Crippen molar-refractivity contribution in [2.45, 2.75) is 44.0 Å². The van der Waals surface area contributed by atoms with E-state index < -0.39 is 12.1 Å². The molecule has 1 unspecified atom stereocenters. The predicted molar refractivity (Wildman–Crippen MR) is 113 cm³/mol. The van der Waals surface area contributed by atoms with E-state index in [9.17, 15) is 18.0 Å². The molecule has 1 atom stereocenters. The maximum Gasteiger partial charge on any atom is 0.490 e. The summed E-state index contributed by atoms with van der Waals surface area (Å²) in [5.74, 6) is -2.17. The first-order valence-corrected chi connectivity index (χ1v) is 11.4. The number of ether oxygens (including phenoxy) is 2. The molecule has 7 nitrogen and oxygen atoms in total. The second kappa shape index (κ2) is 12.0. The summed E-state index contributed by atoms with van der Waals surface area (Å²) in [6.45, 7) is 4.97. The lowest BCUT2D eigenvalue weighted by atomic mass is 9.78. The number of alkyl halides is 3. The van der Waals surface area contributed by atoms with E-state index in [0.29, 0.717) is 12.5 Å². The van der Waals surface area contributed by atoms with Gasteiger partial charge in [0.05, 0.1) is 5.60 Å². The van der Waals surface area contributed by atoms with E-state index in [4.69, 9.17) is 19.4 Å². The molecule has 1 N–H and O–H groups in total. The Morgan fingerprint density at radius 2 is 2.00 bits per heavy atom. The van der Waals surface area contributed by atoms with Gasteiger partial charge in [0.2, 0.25) is 5.91 Å². The third kappa shape index (κ3) is 8.02. The number of likely N-dealkylation sites (N-methyl/N-ethyl adjacent to an activating group) is 1. The highest BCUT2D eigenvalue weighted by Crippen LogP contribution is 2.42. The van der Waals surface area contributed by atoms with Crippen LogP contribution in [0.25, 0.3) is 0 Å². The van der Waals surface area contributed by atoms with Crippen LogP contribution in [0.4, 0.5) is 13.2 Å². The molecule has 2 aliphatic rings. The average molecular weight is 481 g/mol. The van der Waals surface area contributed by atoms with E-state index in [-0.39, 0.29) is 18.1 Å². The smallest absolute Gasteiger partial charge is 0.475 e. The van der Waals surface area contributed by atoms with Crippen molar-refractivity contribution in [3.63, 3.8) is 0 Å². The molecule has 11 heteroatoms. The number of likely N-dealkylation sites (tertiary alicyclic amines) is 1. The zero-order valence-corrected chi connectivity index (χ0v) is 19.2. The molecule has 1 amide bonds. The second-order valence-electron chi connectivity index (χ2n) is 8.19. The molecule has 182 valence electrons. The van der Waals surface area contributed by atoms with Gasteiger partial charge >= 0.3 is 12.1 Å². The van der Waals surface area contributed by atoms with Crippen LogP contribution in [0.15, 0.2) is 17.5 Å². The molecule has 0 saturated carbocycles. The maximum absolute atomic E-state index is 11.6. The highest BCUT2D eigenvalue weighted by molar-refractivity contribution is 7.09. The molecule has 1 aromatic rings. The second-order valence-corrected chi connectivity index (χ2v) is 9.22. The fourth-order valence-corrected chi connectivity index (χ4v) is 4.72. The first kappa shape index (κ1) is 26.6. The molecule has 2 saturated heterocycles. The van der Waals surface area contributed by atoms with Crippen molar-refractivity contribution in [2.75, 3.05) is 47.0 Å². The number of carbonyl (C=O) groups excluding carboxylic acids is 1. The van der Waals surface area contributed by atoms with E-state index in [1.165, 1.54) is 4.88 Å². The van der Waals surface area contributed by atoms with Gasteiger partial charge in [-0.05, 0) is 43.0 Å². The molecular formula is C21H31F3N2O5S. The Balaban J connectivity index is 0.000000451. The molecular weight excluding hydrogens is 449 g/mol. The van der Waals surface area contributed by atoms with Gasteiger partial charge in [-0.2, -0.15) is 13.2 Å². The minimum absolute atomic E-state index is 0.0271. The maximum atomic E-state index is 11.6. The van der Waals surface area contributed by atoms with Gasteiger partial charge in [-0.3, -0.25) is 9.69 Å². The van der Waals surface area contributed by atoms with Crippen LogP contribution in [0, 0.1) is 5.92 Å². The van der Waals surface area contributed by atoms with Gasteiger partial charge in [0, 0.05) is 51.8 Å². The standard InChI is InChI=1S/C19H30N2O3S.C2HF3O2/c1-20(2)18(22)15-23-11-5-16-6-12-24-19(16)7-9-21(10-8-19)14-17-4-3-13-25-17;3-2(4,5)1(6)7/h3-4,13,16H,5-12,14-15H2,1-2H3;(H,6,7). The Bertz CT molecular complexity index is 720. The van der Waals surface area contributed by atoms with Crippen molar-refractivity contribution in [3.05, 3.63) is 22.4 Å². The Morgan fingerprint density at radius 3 is 2.53 bits per heavy atom. The number of piperidine rings is 1. The number of aliphatic carboxylic acids is 1. The molecule has 0 aromatic carbocycles. The third-order valence-corrected chi connectivity index (χ3v) is 6.70. The lowest BCUT2D eigenvalue weighted by Gasteiger charge is -2.42. The molecule has 2 aliphatic heterocycles. The molecule has 0 radical (unpaired) electrons. The zero-order valence-electron chi connectivity index (χ0n) is 18.4. The molecule has 3 rings (SSSR count). The van der Waals surface area contributed by atoms with E-state index in [0.717, 1.165) is 51.9 Å². The summed E-state index contributed by atoms with van der Waals surface area (Å²) in [5.41, 5.74) is 0.0425. The summed E-state index contributed by atoms with van der Waals surface area (Å²) >= 11 is 1.84. The van der Waals surface area contributed by atoms with Crippen LogP contribution in [0.5, 0.6) is 0 Å². The van der Waals surface area contributed by atoms with Crippen molar-refractivity contribution in [2.24, 2.45) is 5.92 Å². The van der Waals surface area contributed by atoms with Gasteiger partial charge in [0.25, 0.3) is 0 Å². The SMILES string of the molecule is CN(C)C(=O)COCCC1CCOC12CCN(Cc1cccs1)CC2.O=C(O)C(F)(F)F. The molecule has 0 aliphatic carbocycles. The molecule has 1 aromatic heterocycles. The fourth-order valence-electron chi connectivity index (χ4n) is 3.97. The summed E-state index contributed by atoms with van der Waals surface area (Å²) in [6, 6.07) is 4.35. The molecule has 1 spiro atoms. The third-order valence-electron chi connectivity index (χ3n) is 5.84. The number of halogens is 3. The number of carbonyl (C=O) groups is 2. The van der Waals surface area contributed by atoms with E-state index in [2.05, 4.69) is 22.4 Å². The van der Waals surface area contributed by atoms with Crippen LogP contribution < -0.4 is 0 Å². The summed E-state index contributed by atoms with van der Waals surface area (Å²) in [4.78, 5) is 26.0. The topological polar surface area (TPSA) is 79.3 Å². The number of nitrogens with zero attached hydrogens (tertiary/aromatic N) is 2. The Labute approximate surface area is 190 Å². The van der Waals surface area contributed by atoms with Gasteiger partial charge in [-0.1, -0.05) is 6.07 Å². The highest BCUT2D eigenvalue weighted by Gasteiger charge is 2.45. The van der Waals surface area contributed by atoms with Gasteiger partial charge in [-0.25, -0.2) is 4.79 Å². The monoisotopic (exact) mass is 480 g/mol. The number of hydrogen-bond acceptors (Lipinski definition) is 6. The van der Waals surface area contributed by atoms with Crippen LogP contribution >= 0.6 is 11.3 Å². The normalized spacial score (nSPS) is 20.6. The van der Waals surface area contributed by atoms with Crippen molar-refractivity contribution in [1.82, 2.24) is 9.80 Å². The van der Waals surface area contributed by atoms with E-state index in [1.54, 1.807) is 19.0 Å². The van der Waals surface area contributed by atoms with Crippen LogP contribution in [-0.4, -0.2) is 85.6 Å². The number of thiophene rings is 1. The van der Waals surface area contributed by atoms with Gasteiger partial charge < -0.3 is 19.5 Å². The van der Waals surface area contributed by atoms with Crippen LogP contribution in [-0.2, 0) is 25.6 Å². The predicted octanol–water partition coefficient (Wildman–Crippen LogP) is 3.25. The lowest BCUT2D eigenvalue weighted by Crippen LogP contribution is -2.47. The Kier molecular flexibility index (Phi) is 9.93. The average Bonchev–Trinajstić information content (AvgIpc) is 3.37. The molecule has 2 fully saturated rings. The summed E-state index contributed by atoms with van der Waals surface area (Å²) < 4.78 is 43.6. The van der Waals surface area contributed by atoms with Gasteiger partial charge in [0.1, 0.15) is 6.61 Å². The Morgan fingerprint density at radius 1 is 1.34 bits per heavy atom. The molecule has 3 heterocycles. The number of rotatable bonds is 7. The fraction of sp³-hybridized carbons (Fsp3) is 0.714. The summed E-state index contributed by atoms with van der Waals surface area (Å²) in [5, 5.41) is 9.28. The molecule has 0 bridgehead atoms. The number of hydrogen-bond donors (Lipinski definition) is 1.